The number of anilines is 2. The van der Waals surface area contributed by atoms with Crippen LogP contribution < -0.4 is 11.1 Å². The molecule has 0 radical (unpaired) electrons. The minimum absolute atomic E-state index is 0.111. The molecule has 0 fully saturated rings. The van der Waals surface area contributed by atoms with Crippen molar-refractivity contribution in [3.63, 3.8) is 0 Å². The summed E-state index contributed by atoms with van der Waals surface area (Å²) in [5.41, 5.74) is 8.13. The largest absolute Gasteiger partial charge is 0.440 e. The number of hydrogen-bond acceptors (Lipinski definition) is 7. The van der Waals surface area contributed by atoms with Gasteiger partial charge in [-0.05, 0) is 42.6 Å². The number of nitrogens with zero attached hydrogens (tertiary/aromatic N) is 4. The number of aryl methyl sites for hydroxylation is 1. The first kappa shape index (κ1) is 18.5. The highest BCUT2D eigenvalue weighted by Crippen LogP contribution is 2.26. The van der Waals surface area contributed by atoms with Gasteiger partial charge in [0.25, 0.3) is 0 Å². The first-order chi connectivity index (χ1) is 14.0. The van der Waals surface area contributed by atoms with Crippen LogP contribution >= 0.6 is 11.3 Å². The van der Waals surface area contributed by atoms with Gasteiger partial charge in [0, 0.05) is 5.69 Å². The predicted octanol–water partition coefficient (Wildman–Crippen LogP) is 3.53. The Morgan fingerprint density at radius 2 is 2.14 bits per heavy atom. The molecule has 0 spiro atoms. The molecule has 0 atom stereocenters. The van der Waals surface area contributed by atoms with Crippen LogP contribution in [0.2, 0.25) is 0 Å². The molecule has 0 aliphatic rings. The standard InChI is InChI=1S/C20H16N6O2S/c1-12-16(25-20(28-12)17-3-2-8-29-17)9-18(27)24-14-4-6-15(7-5-14)26-19(22)13(10-21)11-23-26/h2-8,11H,9,22H2,1H3,(H,24,27). The number of oxazole rings is 1. The summed E-state index contributed by atoms with van der Waals surface area (Å²) < 4.78 is 7.14. The first-order valence-corrected chi connectivity index (χ1v) is 9.57. The third-order valence-electron chi connectivity index (χ3n) is 4.28. The maximum Gasteiger partial charge on any atom is 0.236 e. The van der Waals surface area contributed by atoms with Crippen LogP contribution in [0.4, 0.5) is 11.5 Å². The van der Waals surface area contributed by atoms with E-state index in [4.69, 9.17) is 15.4 Å². The zero-order chi connectivity index (χ0) is 20.4. The zero-order valence-electron chi connectivity index (χ0n) is 15.4. The molecular weight excluding hydrogens is 388 g/mol. The quantitative estimate of drug-likeness (QED) is 0.524. The number of amides is 1. The number of rotatable bonds is 5. The van der Waals surface area contributed by atoms with Crippen molar-refractivity contribution in [1.29, 1.82) is 5.26 Å². The predicted molar refractivity (Wildman–Crippen MR) is 110 cm³/mol. The molecule has 1 aromatic carbocycles. The van der Waals surface area contributed by atoms with Gasteiger partial charge >= 0.3 is 0 Å². The second-order valence-electron chi connectivity index (χ2n) is 6.24. The van der Waals surface area contributed by atoms with Gasteiger partial charge in [-0.3, -0.25) is 4.79 Å². The van der Waals surface area contributed by atoms with E-state index in [0.717, 1.165) is 4.88 Å². The van der Waals surface area contributed by atoms with E-state index >= 15 is 0 Å². The monoisotopic (exact) mass is 404 g/mol. The van der Waals surface area contributed by atoms with Gasteiger partial charge in [0.1, 0.15) is 23.2 Å². The van der Waals surface area contributed by atoms with E-state index in [1.165, 1.54) is 22.2 Å². The van der Waals surface area contributed by atoms with Gasteiger partial charge in [0.2, 0.25) is 11.8 Å². The number of nitrogens with two attached hydrogens (primary N) is 1. The molecule has 8 nitrogen and oxygen atoms in total. The summed E-state index contributed by atoms with van der Waals surface area (Å²) in [5.74, 6) is 1.23. The molecule has 3 heterocycles. The lowest BCUT2D eigenvalue weighted by atomic mass is 10.2. The Morgan fingerprint density at radius 1 is 1.34 bits per heavy atom. The van der Waals surface area contributed by atoms with Crippen LogP contribution in [0, 0.1) is 18.3 Å². The van der Waals surface area contributed by atoms with Crippen molar-refractivity contribution < 1.29 is 9.21 Å². The topological polar surface area (TPSA) is 123 Å². The highest BCUT2D eigenvalue weighted by molar-refractivity contribution is 7.13. The number of hydrogen-bond donors (Lipinski definition) is 2. The fraction of sp³-hybridized carbons (Fsp3) is 0.100. The molecular formula is C20H16N6O2S. The number of aromatic nitrogens is 3. The molecule has 1 amide bonds. The minimum atomic E-state index is -0.197. The molecule has 0 bridgehead atoms. The third-order valence-corrected chi connectivity index (χ3v) is 5.13. The number of carbonyl (C=O) groups excluding carboxylic acids is 1. The van der Waals surface area contributed by atoms with Gasteiger partial charge in [-0.2, -0.15) is 10.4 Å². The van der Waals surface area contributed by atoms with Gasteiger partial charge < -0.3 is 15.5 Å². The maximum absolute atomic E-state index is 12.4. The molecule has 0 aliphatic carbocycles. The number of nitrogen functional groups attached to an aromatic ring is 1. The van der Waals surface area contributed by atoms with E-state index in [1.807, 2.05) is 23.6 Å². The highest BCUT2D eigenvalue weighted by Gasteiger charge is 2.15. The van der Waals surface area contributed by atoms with Crippen LogP contribution in [-0.2, 0) is 11.2 Å². The average Bonchev–Trinajstić information content (AvgIpc) is 3.44. The summed E-state index contributed by atoms with van der Waals surface area (Å²) in [4.78, 5) is 17.8. The second kappa shape index (κ2) is 7.61. The van der Waals surface area contributed by atoms with E-state index in [1.54, 1.807) is 31.2 Å². The first-order valence-electron chi connectivity index (χ1n) is 8.69. The van der Waals surface area contributed by atoms with E-state index in [-0.39, 0.29) is 18.1 Å². The summed E-state index contributed by atoms with van der Waals surface area (Å²) >= 11 is 1.53. The van der Waals surface area contributed by atoms with Crippen LogP contribution in [0.25, 0.3) is 16.5 Å². The van der Waals surface area contributed by atoms with Crippen LogP contribution in [0.1, 0.15) is 17.0 Å². The Morgan fingerprint density at radius 3 is 2.79 bits per heavy atom. The van der Waals surface area contributed by atoms with E-state index in [0.29, 0.717) is 34.3 Å². The Hall–Kier alpha value is -3.90. The lowest BCUT2D eigenvalue weighted by Crippen LogP contribution is -2.15. The van der Waals surface area contributed by atoms with Crippen molar-refractivity contribution >= 4 is 28.7 Å². The zero-order valence-corrected chi connectivity index (χ0v) is 16.2. The van der Waals surface area contributed by atoms with Gasteiger partial charge in [-0.25, -0.2) is 9.67 Å². The number of carbonyl (C=O) groups is 1. The summed E-state index contributed by atoms with van der Waals surface area (Å²) in [6.45, 7) is 1.80. The summed E-state index contributed by atoms with van der Waals surface area (Å²) in [5, 5.41) is 17.9. The second-order valence-corrected chi connectivity index (χ2v) is 7.19. The summed E-state index contributed by atoms with van der Waals surface area (Å²) in [6.07, 6.45) is 1.52. The molecule has 29 heavy (non-hydrogen) atoms. The molecule has 9 heteroatoms. The number of thiophene rings is 1. The smallest absolute Gasteiger partial charge is 0.236 e. The Bertz CT molecular complexity index is 1200. The lowest BCUT2D eigenvalue weighted by Gasteiger charge is -2.07. The van der Waals surface area contributed by atoms with Gasteiger partial charge in [0.05, 0.1) is 28.9 Å². The fourth-order valence-corrected chi connectivity index (χ4v) is 3.44. The SMILES string of the molecule is Cc1oc(-c2cccs2)nc1CC(=O)Nc1ccc(-n2ncc(C#N)c2N)cc1. The normalized spacial score (nSPS) is 10.6. The molecule has 0 saturated carbocycles. The van der Waals surface area contributed by atoms with Crippen molar-refractivity contribution in [3.8, 4) is 22.5 Å². The molecule has 4 rings (SSSR count). The van der Waals surface area contributed by atoms with Gasteiger partial charge in [0.15, 0.2) is 0 Å². The van der Waals surface area contributed by atoms with Crippen molar-refractivity contribution in [3.05, 3.63) is 65.0 Å². The van der Waals surface area contributed by atoms with E-state index < -0.39 is 0 Å². The summed E-state index contributed by atoms with van der Waals surface area (Å²) in [7, 11) is 0. The van der Waals surface area contributed by atoms with Crippen LogP contribution in [0.5, 0.6) is 0 Å². The molecule has 0 saturated heterocycles. The van der Waals surface area contributed by atoms with Crippen molar-refractivity contribution in [1.82, 2.24) is 14.8 Å². The van der Waals surface area contributed by atoms with Crippen molar-refractivity contribution in [2.75, 3.05) is 11.1 Å². The van der Waals surface area contributed by atoms with Gasteiger partial charge in [-0.1, -0.05) is 6.07 Å². The summed E-state index contributed by atoms with van der Waals surface area (Å²) in [6, 6.07) is 12.8. The number of benzene rings is 1. The molecule has 3 aromatic heterocycles. The Balaban J connectivity index is 1.44. The van der Waals surface area contributed by atoms with Crippen LogP contribution in [0.3, 0.4) is 0 Å². The maximum atomic E-state index is 12.4. The number of nitrogens with one attached hydrogen (secondary N) is 1. The average molecular weight is 404 g/mol. The molecule has 4 aromatic rings. The van der Waals surface area contributed by atoms with Crippen LogP contribution in [0.15, 0.2) is 52.4 Å². The minimum Gasteiger partial charge on any atom is -0.440 e. The van der Waals surface area contributed by atoms with Gasteiger partial charge in [-0.15, -0.1) is 11.3 Å². The molecule has 144 valence electrons. The fourth-order valence-electron chi connectivity index (χ4n) is 2.79. The lowest BCUT2D eigenvalue weighted by molar-refractivity contribution is -0.115. The van der Waals surface area contributed by atoms with E-state index in [2.05, 4.69) is 15.4 Å². The Kier molecular flexibility index (Phi) is 4.85. The molecule has 0 aliphatic heterocycles. The van der Waals surface area contributed by atoms with Crippen LogP contribution in [-0.4, -0.2) is 20.7 Å². The van der Waals surface area contributed by atoms with E-state index in [9.17, 15) is 4.79 Å². The number of nitriles is 1. The highest BCUT2D eigenvalue weighted by atomic mass is 32.1. The van der Waals surface area contributed by atoms with Crippen molar-refractivity contribution in [2.45, 2.75) is 13.3 Å². The van der Waals surface area contributed by atoms with Crippen molar-refractivity contribution in [2.24, 2.45) is 0 Å². The molecule has 0 unspecified atom stereocenters. The third kappa shape index (κ3) is 3.74. The Labute approximate surface area is 170 Å². The molecule has 3 N–H and O–H groups in total.